The summed E-state index contributed by atoms with van der Waals surface area (Å²) in [6.07, 6.45) is 9.81. The van der Waals surface area contributed by atoms with Gasteiger partial charge in [0.1, 0.15) is 0 Å². The Labute approximate surface area is 111 Å². The molecular formula is C16H28O2. The maximum absolute atomic E-state index is 9.46. The molecule has 18 heavy (non-hydrogen) atoms. The van der Waals surface area contributed by atoms with Crippen molar-refractivity contribution >= 4 is 0 Å². The molecule has 4 fully saturated rings. The van der Waals surface area contributed by atoms with Crippen molar-refractivity contribution in [2.45, 2.75) is 65.2 Å². The Morgan fingerprint density at radius 2 is 1.06 bits per heavy atom. The van der Waals surface area contributed by atoms with E-state index in [1.807, 2.05) is 0 Å². The fourth-order valence-corrected chi connectivity index (χ4v) is 7.20. The molecule has 0 atom stereocenters. The molecule has 0 heterocycles. The molecule has 104 valence electrons. The summed E-state index contributed by atoms with van der Waals surface area (Å²) in [7, 11) is 0. The molecule has 0 aliphatic heterocycles. The fraction of sp³-hybridized carbons (Fsp3) is 1.00. The predicted molar refractivity (Wildman–Crippen MR) is 72.2 cm³/mol. The van der Waals surface area contributed by atoms with Gasteiger partial charge in [0.2, 0.25) is 0 Å². The molecule has 0 aromatic heterocycles. The Hall–Kier alpha value is -0.0800. The average Bonchev–Trinajstić information content (AvgIpc) is 2.09. The van der Waals surface area contributed by atoms with Crippen LogP contribution in [0, 0.1) is 21.7 Å². The second-order valence-electron chi connectivity index (χ2n) is 8.63. The van der Waals surface area contributed by atoms with Crippen LogP contribution in [0.2, 0.25) is 0 Å². The van der Waals surface area contributed by atoms with Gasteiger partial charge < -0.3 is 10.2 Å². The van der Waals surface area contributed by atoms with Gasteiger partial charge in [-0.1, -0.05) is 13.8 Å². The van der Waals surface area contributed by atoms with Crippen molar-refractivity contribution in [2.75, 3.05) is 13.2 Å². The lowest BCUT2D eigenvalue weighted by Crippen LogP contribution is -2.59. The van der Waals surface area contributed by atoms with E-state index >= 15 is 0 Å². The highest BCUT2D eigenvalue weighted by Crippen LogP contribution is 2.75. The Kier molecular flexibility index (Phi) is 2.68. The maximum Gasteiger partial charge on any atom is 0.0436 e. The number of hydrogen-bond donors (Lipinski definition) is 2. The Morgan fingerprint density at radius 1 is 0.667 bits per heavy atom. The third kappa shape index (κ3) is 1.84. The zero-order chi connectivity index (χ0) is 13.1. The van der Waals surface area contributed by atoms with Gasteiger partial charge in [0.05, 0.1) is 0 Å². The number of rotatable bonds is 4. The second kappa shape index (κ2) is 3.73. The molecule has 4 saturated carbocycles. The van der Waals surface area contributed by atoms with Crippen LogP contribution in [0.25, 0.3) is 0 Å². The minimum absolute atomic E-state index is 0.335. The van der Waals surface area contributed by atoms with Crippen LogP contribution in [-0.4, -0.2) is 23.4 Å². The van der Waals surface area contributed by atoms with Crippen molar-refractivity contribution in [1.29, 1.82) is 0 Å². The van der Waals surface area contributed by atoms with Gasteiger partial charge in [0, 0.05) is 13.2 Å². The third-order valence-electron chi connectivity index (χ3n) is 6.09. The second-order valence-corrected chi connectivity index (χ2v) is 8.63. The molecule has 4 aliphatic rings. The van der Waals surface area contributed by atoms with Crippen molar-refractivity contribution < 1.29 is 10.2 Å². The first-order valence-electron chi connectivity index (χ1n) is 7.58. The summed E-state index contributed by atoms with van der Waals surface area (Å²) in [4.78, 5) is 0. The smallest absolute Gasteiger partial charge is 0.0436 e. The summed E-state index contributed by atoms with van der Waals surface area (Å²) in [5.41, 5.74) is 1.69. The lowest BCUT2D eigenvalue weighted by atomic mass is 9.35. The lowest BCUT2D eigenvalue weighted by Gasteiger charge is -2.70. The predicted octanol–water partition coefficient (Wildman–Crippen LogP) is 3.12. The third-order valence-corrected chi connectivity index (χ3v) is 6.09. The summed E-state index contributed by atoms with van der Waals surface area (Å²) >= 11 is 0. The molecule has 0 radical (unpaired) electrons. The SMILES string of the molecule is CC12CC3(C)CC(CCO)(C1)CC(CCO)(C2)C3. The van der Waals surface area contributed by atoms with Crippen LogP contribution in [0.3, 0.4) is 0 Å². The van der Waals surface area contributed by atoms with Gasteiger partial charge in [-0.2, -0.15) is 0 Å². The van der Waals surface area contributed by atoms with Crippen molar-refractivity contribution in [2.24, 2.45) is 21.7 Å². The highest BCUT2D eigenvalue weighted by atomic mass is 16.3. The summed E-state index contributed by atoms with van der Waals surface area (Å²) in [5, 5.41) is 18.9. The Morgan fingerprint density at radius 3 is 1.39 bits per heavy atom. The minimum Gasteiger partial charge on any atom is -0.396 e. The van der Waals surface area contributed by atoms with E-state index in [1.54, 1.807) is 0 Å². The van der Waals surface area contributed by atoms with E-state index in [1.165, 1.54) is 38.5 Å². The molecule has 4 bridgehead atoms. The fourth-order valence-electron chi connectivity index (χ4n) is 7.20. The molecule has 4 rings (SSSR count). The summed E-state index contributed by atoms with van der Waals surface area (Å²) in [6.45, 7) is 5.59. The summed E-state index contributed by atoms with van der Waals surface area (Å²) in [5.74, 6) is 0. The average molecular weight is 252 g/mol. The van der Waals surface area contributed by atoms with Crippen LogP contribution < -0.4 is 0 Å². The largest absolute Gasteiger partial charge is 0.396 e. The number of aliphatic hydroxyl groups excluding tert-OH is 2. The highest BCUT2D eigenvalue weighted by Gasteiger charge is 2.64. The molecule has 4 aliphatic carbocycles. The minimum atomic E-state index is 0.335. The molecule has 0 amide bonds. The van der Waals surface area contributed by atoms with Crippen molar-refractivity contribution in [3.05, 3.63) is 0 Å². The van der Waals surface area contributed by atoms with Crippen LogP contribution in [0.5, 0.6) is 0 Å². The molecule has 0 aromatic carbocycles. The van der Waals surface area contributed by atoms with Gasteiger partial charge in [-0.25, -0.2) is 0 Å². The highest BCUT2D eigenvalue weighted by molar-refractivity contribution is 5.15. The van der Waals surface area contributed by atoms with E-state index in [2.05, 4.69) is 13.8 Å². The number of aliphatic hydroxyl groups is 2. The Balaban J connectivity index is 1.98. The van der Waals surface area contributed by atoms with Gasteiger partial charge in [-0.3, -0.25) is 0 Å². The molecule has 0 aromatic rings. The molecule has 0 spiro atoms. The maximum atomic E-state index is 9.46. The standard InChI is InChI=1S/C16H28O2/c1-13-7-14(2)10-15(8-13,3-5-17)12-16(9-13,11-14)4-6-18/h17-18H,3-12H2,1-2H3. The van der Waals surface area contributed by atoms with E-state index in [9.17, 15) is 10.2 Å². The molecule has 0 saturated heterocycles. The first-order valence-corrected chi connectivity index (χ1v) is 7.58. The van der Waals surface area contributed by atoms with Crippen LogP contribution >= 0.6 is 0 Å². The zero-order valence-corrected chi connectivity index (χ0v) is 12.0. The van der Waals surface area contributed by atoms with Crippen LogP contribution in [0.4, 0.5) is 0 Å². The van der Waals surface area contributed by atoms with Gasteiger partial charge in [-0.05, 0) is 73.0 Å². The summed E-state index contributed by atoms with van der Waals surface area (Å²) in [6, 6.07) is 0. The van der Waals surface area contributed by atoms with Crippen LogP contribution in [0.15, 0.2) is 0 Å². The van der Waals surface area contributed by atoms with Crippen LogP contribution in [-0.2, 0) is 0 Å². The van der Waals surface area contributed by atoms with E-state index < -0.39 is 0 Å². The van der Waals surface area contributed by atoms with Crippen LogP contribution in [0.1, 0.15) is 65.2 Å². The molecule has 2 heteroatoms. The van der Waals surface area contributed by atoms with E-state index in [-0.39, 0.29) is 0 Å². The van der Waals surface area contributed by atoms with E-state index in [4.69, 9.17) is 0 Å². The molecule has 0 unspecified atom stereocenters. The van der Waals surface area contributed by atoms with Crippen molar-refractivity contribution in [3.63, 3.8) is 0 Å². The first-order chi connectivity index (χ1) is 8.36. The lowest BCUT2D eigenvalue weighted by molar-refractivity contribution is -0.198. The van der Waals surface area contributed by atoms with Gasteiger partial charge in [0.15, 0.2) is 0 Å². The Bertz CT molecular complexity index is 303. The van der Waals surface area contributed by atoms with Crippen molar-refractivity contribution in [3.8, 4) is 0 Å². The normalized spacial score (nSPS) is 54.0. The van der Waals surface area contributed by atoms with E-state index in [0.29, 0.717) is 34.9 Å². The van der Waals surface area contributed by atoms with Gasteiger partial charge >= 0.3 is 0 Å². The number of hydrogen-bond acceptors (Lipinski definition) is 2. The molecular weight excluding hydrogens is 224 g/mol. The topological polar surface area (TPSA) is 40.5 Å². The quantitative estimate of drug-likeness (QED) is 0.807. The first kappa shape index (κ1) is 12.9. The zero-order valence-electron chi connectivity index (χ0n) is 12.0. The molecule has 2 nitrogen and oxygen atoms in total. The van der Waals surface area contributed by atoms with Crippen molar-refractivity contribution in [1.82, 2.24) is 0 Å². The molecule has 2 N–H and O–H groups in total. The summed E-state index contributed by atoms with van der Waals surface area (Å²) < 4.78 is 0. The van der Waals surface area contributed by atoms with Gasteiger partial charge in [0.25, 0.3) is 0 Å². The van der Waals surface area contributed by atoms with Gasteiger partial charge in [-0.15, -0.1) is 0 Å². The monoisotopic (exact) mass is 252 g/mol. The van der Waals surface area contributed by atoms with E-state index in [0.717, 1.165) is 12.8 Å².